The van der Waals surface area contributed by atoms with Crippen molar-refractivity contribution in [1.82, 2.24) is 8.61 Å². The van der Waals surface area contributed by atoms with Crippen LogP contribution in [-0.4, -0.2) is 49.6 Å². The van der Waals surface area contributed by atoms with Gasteiger partial charge >= 0.3 is 0 Å². The molecule has 1 rings (SSSR count). The van der Waals surface area contributed by atoms with Gasteiger partial charge in [0.05, 0.1) is 0 Å². The molecule has 0 atom stereocenters. The Labute approximate surface area is 110 Å². The van der Waals surface area contributed by atoms with E-state index in [9.17, 15) is 8.42 Å². The maximum Gasteiger partial charge on any atom is 0.281 e. The number of alkyl halides is 1. The van der Waals surface area contributed by atoms with Crippen LogP contribution in [0.5, 0.6) is 0 Å². The lowest BCUT2D eigenvalue weighted by Gasteiger charge is -2.33. The van der Waals surface area contributed by atoms with E-state index in [1.807, 2.05) is 0 Å². The maximum absolute atomic E-state index is 12.2. The lowest BCUT2D eigenvalue weighted by atomic mass is 9.96. The summed E-state index contributed by atoms with van der Waals surface area (Å²) in [6.07, 6.45) is 6.16. The van der Waals surface area contributed by atoms with E-state index in [2.05, 4.69) is 0 Å². The molecule has 0 N–H and O–H groups in total. The zero-order valence-corrected chi connectivity index (χ0v) is 12.3. The molecule has 0 unspecified atom stereocenters. The van der Waals surface area contributed by atoms with Crippen molar-refractivity contribution in [3.8, 4) is 0 Å². The van der Waals surface area contributed by atoms with Crippen molar-refractivity contribution in [2.45, 2.75) is 44.6 Å². The van der Waals surface area contributed by atoms with Gasteiger partial charge in [0.1, 0.15) is 0 Å². The van der Waals surface area contributed by atoms with E-state index < -0.39 is 10.2 Å². The van der Waals surface area contributed by atoms with Gasteiger partial charge in [-0.1, -0.05) is 19.3 Å². The van der Waals surface area contributed by atoms with E-state index >= 15 is 0 Å². The molecule has 0 amide bonds. The highest BCUT2D eigenvalue weighted by Gasteiger charge is 2.30. The second kappa shape index (κ2) is 6.92. The first-order valence-corrected chi connectivity index (χ1v) is 8.18. The second-order valence-electron chi connectivity index (χ2n) is 4.68. The van der Waals surface area contributed by atoms with Crippen molar-refractivity contribution in [2.24, 2.45) is 0 Å². The summed E-state index contributed by atoms with van der Waals surface area (Å²) in [5.74, 6) is 0.493. The predicted molar refractivity (Wildman–Crippen MR) is 71.5 cm³/mol. The van der Waals surface area contributed by atoms with Crippen LogP contribution in [0.3, 0.4) is 0 Å². The van der Waals surface area contributed by atoms with Gasteiger partial charge in [0.25, 0.3) is 10.2 Å². The largest absolute Gasteiger partial charge is 0.281 e. The van der Waals surface area contributed by atoms with E-state index in [4.69, 9.17) is 11.6 Å². The number of nitrogens with zero attached hydrogens (tertiary/aromatic N) is 2. The third-order valence-electron chi connectivity index (χ3n) is 3.45. The average molecular weight is 283 g/mol. The monoisotopic (exact) mass is 282 g/mol. The van der Waals surface area contributed by atoms with Gasteiger partial charge in [-0.05, 0) is 19.3 Å². The standard InChI is InChI=1S/C11H23ClN2O2S/c1-13(10-6-9-12)17(15,16)14(2)11-7-4-3-5-8-11/h11H,3-10H2,1-2H3. The Morgan fingerprint density at radius 1 is 1.18 bits per heavy atom. The van der Waals surface area contributed by atoms with Crippen LogP contribution in [0.25, 0.3) is 0 Å². The first kappa shape index (κ1) is 15.2. The number of hydrogen-bond acceptors (Lipinski definition) is 2. The van der Waals surface area contributed by atoms with Crippen LogP contribution >= 0.6 is 11.6 Å². The first-order valence-electron chi connectivity index (χ1n) is 6.25. The van der Waals surface area contributed by atoms with E-state index in [0.29, 0.717) is 18.8 Å². The lowest BCUT2D eigenvalue weighted by Crippen LogP contribution is -2.45. The minimum Gasteiger partial charge on any atom is -0.195 e. The molecular formula is C11H23ClN2O2S. The molecule has 0 aromatic heterocycles. The van der Waals surface area contributed by atoms with Gasteiger partial charge in [0.15, 0.2) is 0 Å². The van der Waals surface area contributed by atoms with E-state index in [1.165, 1.54) is 10.7 Å². The Hall–Kier alpha value is 0.160. The van der Waals surface area contributed by atoms with Crippen LogP contribution in [0.2, 0.25) is 0 Å². The highest BCUT2D eigenvalue weighted by molar-refractivity contribution is 7.86. The van der Waals surface area contributed by atoms with Gasteiger partial charge in [-0.2, -0.15) is 17.0 Å². The number of hydrogen-bond donors (Lipinski definition) is 0. The number of rotatable bonds is 6. The van der Waals surface area contributed by atoms with Gasteiger partial charge in [0.2, 0.25) is 0 Å². The van der Waals surface area contributed by atoms with Crippen molar-refractivity contribution < 1.29 is 8.42 Å². The van der Waals surface area contributed by atoms with Crippen molar-refractivity contribution in [3.63, 3.8) is 0 Å². The average Bonchev–Trinajstić information content (AvgIpc) is 2.35. The van der Waals surface area contributed by atoms with Crippen molar-refractivity contribution >= 4 is 21.8 Å². The molecule has 102 valence electrons. The summed E-state index contributed by atoms with van der Waals surface area (Å²) in [7, 11) is 0.0203. The second-order valence-corrected chi connectivity index (χ2v) is 7.15. The fourth-order valence-electron chi connectivity index (χ4n) is 2.25. The molecule has 0 aromatic carbocycles. The van der Waals surface area contributed by atoms with Gasteiger partial charge in [-0.3, -0.25) is 0 Å². The topological polar surface area (TPSA) is 40.6 Å². The molecule has 1 aliphatic rings. The Kier molecular flexibility index (Phi) is 6.20. The van der Waals surface area contributed by atoms with Crippen molar-refractivity contribution in [3.05, 3.63) is 0 Å². The van der Waals surface area contributed by atoms with Crippen LogP contribution in [-0.2, 0) is 10.2 Å². The summed E-state index contributed by atoms with van der Waals surface area (Å²) < 4.78 is 27.4. The third-order valence-corrected chi connectivity index (χ3v) is 5.72. The summed E-state index contributed by atoms with van der Waals surface area (Å²) in [6, 6.07) is 0.173. The van der Waals surface area contributed by atoms with Gasteiger partial charge in [-0.25, -0.2) is 0 Å². The summed E-state index contributed by atoms with van der Waals surface area (Å²) in [4.78, 5) is 0. The zero-order chi connectivity index (χ0) is 12.9. The Morgan fingerprint density at radius 2 is 1.76 bits per heavy atom. The highest BCUT2D eigenvalue weighted by atomic mass is 35.5. The molecule has 0 heterocycles. The third kappa shape index (κ3) is 4.09. The SMILES string of the molecule is CN(CCCCl)S(=O)(=O)N(C)C1CCCCC1. The van der Waals surface area contributed by atoms with Crippen LogP contribution in [0, 0.1) is 0 Å². The minimum atomic E-state index is -3.30. The summed E-state index contributed by atoms with van der Waals surface area (Å²) >= 11 is 5.59. The van der Waals surface area contributed by atoms with E-state index in [-0.39, 0.29) is 6.04 Å². The summed E-state index contributed by atoms with van der Waals surface area (Å²) in [5.41, 5.74) is 0. The van der Waals surface area contributed by atoms with E-state index in [0.717, 1.165) is 25.7 Å². The van der Waals surface area contributed by atoms with Gasteiger partial charge in [0, 0.05) is 32.6 Å². The maximum atomic E-state index is 12.2. The molecule has 0 radical (unpaired) electrons. The molecule has 17 heavy (non-hydrogen) atoms. The van der Waals surface area contributed by atoms with Crippen molar-refractivity contribution in [2.75, 3.05) is 26.5 Å². The summed E-state index contributed by atoms with van der Waals surface area (Å²) in [6.45, 7) is 0.489. The fourth-order valence-corrected chi connectivity index (χ4v) is 3.76. The first-order chi connectivity index (χ1) is 8.00. The molecule has 1 saturated carbocycles. The fraction of sp³-hybridized carbons (Fsp3) is 1.00. The molecule has 0 aromatic rings. The summed E-state index contributed by atoms with van der Waals surface area (Å²) in [5, 5.41) is 0. The molecular weight excluding hydrogens is 260 g/mol. The lowest BCUT2D eigenvalue weighted by molar-refractivity contribution is 0.269. The minimum absolute atomic E-state index is 0.173. The Morgan fingerprint density at radius 3 is 2.29 bits per heavy atom. The van der Waals surface area contributed by atoms with E-state index in [1.54, 1.807) is 18.4 Å². The van der Waals surface area contributed by atoms with Crippen LogP contribution in [0.1, 0.15) is 38.5 Å². The molecule has 4 nitrogen and oxygen atoms in total. The van der Waals surface area contributed by atoms with Gasteiger partial charge in [-0.15, -0.1) is 11.6 Å². The smallest absolute Gasteiger partial charge is 0.195 e. The van der Waals surface area contributed by atoms with Crippen LogP contribution < -0.4 is 0 Å². The van der Waals surface area contributed by atoms with Crippen LogP contribution in [0.4, 0.5) is 0 Å². The molecule has 0 aliphatic heterocycles. The normalized spacial score (nSPS) is 19.1. The Bertz CT molecular complexity index is 315. The predicted octanol–water partition coefficient (Wildman–Crippen LogP) is 2.06. The molecule has 0 spiro atoms. The van der Waals surface area contributed by atoms with Crippen molar-refractivity contribution in [1.29, 1.82) is 0 Å². The highest BCUT2D eigenvalue weighted by Crippen LogP contribution is 2.24. The molecule has 6 heteroatoms. The quantitative estimate of drug-likeness (QED) is 0.700. The Balaban J connectivity index is 2.61. The molecule has 1 fully saturated rings. The van der Waals surface area contributed by atoms with Gasteiger partial charge < -0.3 is 0 Å². The molecule has 0 bridgehead atoms. The zero-order valence-electron chi connectivity index (χ0n) is 10.7. The molecule has 0 saturated heterocycles. The van der Waals surface area contributed by atoms with Crippen LogP contribution in [0.15, 0.2) is 0 Å². The molecule has 1 aliphatic carbocycles. The number of halogens is 1.